The fourth-order valence-corrected chi connectivity index (χ4v) is 2.67. The molecule has 0 fully saturated rings. The molecule has 0 radical (unpaired) electrons. The predicted molar refractivity (Wildman–Crippen MR) is 82.0 cm³/mol. The van der Waals surface area contributed by atoms with Crippen LogP contribution in [0.3, 0.4) is 0 Å². The maximum absolute atomic E-state index is 12.1. The molecule has 2 rings (SSSR count). The number of nitrogens with one attached hydrogen (secondary N) is 1. The maximum atomic E-state index is 12.1. The van der Waals surface area contributed by atoms with Gasteiger partial charge in [0.05, 0.1) is 5.56 Å². The van der Waals surface area contributed by atoms with Gasteiger partial charge in [0.1, 0.15) is 10.6 Å². The average molecular weight is 335 g/mol. The summed E-state index contributed by atoms with van der Waals surface area (Å²) in [6, 6.07) is 10.5. The summed E-state index contributed by atoms with van der Waals surface area (Å²) in [5.41, 5.74) is 0.483. The van der Waals surface area contributed by atoms with E-state index in [-0.39, 0.29) is 22.1 Å². The first kappa shape index (κ1) is 16.5. The second kappa shape index (κ2) is 6.49. The summed E-state index contributed by atoms with van der Waals surface area (Å²) < 4.78 is 29.2. The van der Waals surface area contributed by atoms with Gasteiger partial charge in [-0.05, 0) is 48.5 Å². The van der Waals surface area contributed by atoms with Crippen LogP contribution in [0.1, 0.15) is 17.3 Å². The molecule has 0 atom stereocenters. The molecular weight excluding hydrogens is 322 g/mol. The molecule has 0 saturated heterocycles. The number of carboxylic acid groups (broad SMARTS) is 1. The van der Waals surface area contributed by atoms with Crippen LogP contribution in [0.2, 0.25) is 0 Å². The van der Waals surface area contributed by atoms with Gasteiger partial charge in [-0.15, -0.1) is 0 Å². The first-order valence-corrected chi connectivity index (χ1v) is 7.84. The number of carbonyl (C=O) groups is 2. The number of amides is 1. The highest BCUT2D eigenvalue weighted by Gasteiger charge is 2.17. The number of carbonyl (C=O) groups excluding carboxylic acids is 1. The Morgan fingerprint density at radius 1 is 1.00 bits per heavy atom. The van der Waals surface area contributed by atoms with E-state index < -0.39 is 16.1 Å². The minimum absolute atomic E-state index is 0.0244. The van der Waals surface area contributed by atoms with Crippen molar-refractivity contribution in [3.05, 3.63) is 54.1 Å². The van der Waals surface area contributed by atoms with Crippen molar-refractivity contribution < 1.29 is 27.3 Å². The van der Waals surface area contributed by atoms with Gasteiger partial charge in [0.2, 0.25) is 5.91 Å². The van der Waals surface area contributed by atoms with Crippen LogP contribution in [0.25, 0.3) is 0 Å². The van der Waals surface area contributed by atoms with E-state index in [4.69, 9.17) is 9.29 Å². The molecular formula is C15H13NO6S. The van der Waals surface area contributed by atoms with Gasteiger partial charge in [0, 0.05) is 12.6 Å². The second-order valence-electron chi connectivity index (χ2n) is 4.57. The summed E-state index contributed by atoms with van der Waals surface area (Å²) in [5, 5.41) is 11.3. The molecule has 120 valence electrons. The number of benzene rings is 2. The van der Waals surface area contributed by atoms with E-state index in [9.17, 15) is 18.0 Å². The highest BCUT2D eigenvalue weighted by Crippen LogP contribution is 2.21. The fraction of sp³-hybridized carbons (Fsp3) is 0.0667. The van der Waals surface area contributed by atoms with Crippen LogP contribution < -0.4 is 9.50 Å². The Morgan fingerprint density at radius 3 is 2.04 bits per heavy atom. The summed E-state index contributed by atoms with van der Waals surface area (Å²) in [7, 11) is -4.07. The van der Waals surface area contributed by atoms with Crippen LogP contribution in [0.15, 0.2) is 53.4 Å². The van der Waals surface area contributed by atoms with Crippen molar-refractivity contribution in [3.8, 4) is 5.75 Å². The molecule has 0 aliphatic rings. The highest BCUT2D eigenvalue weighted by molar-refractivity contribution is 7.87. The van der Waals surface area contributed by atoms with Gasteiger partial charge in [-0.2, -0.15) is 8.42 Å². The Hall–Kier alpha value is -2.87. The Balaban J connectivity index is 2.17. The normalized spacial score (nSPS) is 10.8. The molecule has 7 nitrogen and oxygen atoms in total. The molecule has 2 aromatic carbocycles. The van der Waals surface area contributed by atoms with E-state index in [1.54, 1.807) is 0 Å². The average Bonchev–Trinajstić information content (AvgIpc) is 2.48. The number of aromatic carboxylic acids is 1. The number of hydrogen-bond donors (Lipinski definition) is 2. The zero-order valence-electron chi connectivity index (χ0n) is 12.0. The Kier molecular flexibility index (Phi) is 4.65. The van der Waals surface area contributed by atoms with Gasteiger partial charge in [-0.3, -0.25) is 4.79 Å². The van der Waals surface area contributed by atoms with E-state index in [1.807, 2.05) is 0 Å². The van der Waals surface area contributed by atoms with Gasteiger partial charge in [0.25, 0.3) is 0 Å². The van der Waals surface area contributed by atoms with Crippen LogP contribution in [0.5, 0.6) is 5.75 Å². The van der Waals surface area contributed by atoms with Gasteiger partial charge >= 0.3 is 16.1 Å². The van der Waals surface area contributed by atoms with E-state index in [1.165, 1.54) is 43.3 Å². The van der Waals surface area contributed by atoms with Crippen molar-refractivity contribution in [3.63, 3.8) is 0 Å². The summed E-state index contributed by atoms with van der Waals surface area (Å²) in [4.78, 5) is 21.5. The van der Waals surface area contributed by atoms with Crippen molar-refractivity contribution in [1.82, 2.24) is 0 Å². The van der Waals surface area contributed by atoms with Crippen molar-refractivity contribution in [2.45, 2.75) is 11.8 Å². The largest absolute Gasteiger partial charge is 0.478 e. The topological polar surface area (TPSA) is 110 Å². The lowest BCUT2D eigenvalue weighted by molar-refractivity contribution is -0.114. The van der Waals surface area contributed by atoms with E-state index in [0.717, 1.165) is 12.1 Å². The molecule has 0 unspecified atom stereocenters. The van der Waals surface area contributed by atoms with Crippen LogP contribution in [0, 0.1) is 0 Å². The Labute approximate surface area is 132 Å². The lowest BCUT2D eigenvalue weighted by atomic mass is 10.2. The van der Waals surface area contributed by atoms with Crippen LogP contribution >= 0.6 is 0 Å². The van der Waals surface area contributed by atoms with E-state index >= 15 is 0 Å². The minimum atomic E-state index is -4.07. The SMILES string of the molecule is CC(=O)Nc1ccc(OS(=O)(=O)c2ccc(C(=O)O)cc2)cc1. The quantitative estimate of drug-likeness (QED) is 0.810. The standard InChI is InChI=1S/C15H13NO6S/c1-10(17)16-12-4-6-13(7-5-12)22-23(20,21)14-8-2-11(3-9-14)15(18)19/h2-9H,1H3,(H,16,17)(H,18,19). The van der Waals surface area contributed by atoms with Crippen molar-refractivity contribution in [2.75, 3.05) is 5.32 Å². The molecule has 23 heavy (non-hydrogen) atoms. The van der Waals surface area contributed by atoms with E-state index in [2.05, 4.69) is 5.32 Å². The molecule has 0 spiro atoms. The molecule has 0 bridgehead atoms. The van der Waals surface area contributed by atoms with Crippen LogP contribution in [-0.2, 0) is 14.9 Å². The third kappa shape index (κ3) is 4.30. The molecule has 0 saturated carbocycles. The second-order valence-corrected chi connectivity index (χ2v) is 6.12. The highest BCUT2D eigenvalue weighted by atomic mass is 32.2. The zero-order valence-corrected chi connectivity index (χ0v) is 12.8. The molecule has 0 aliphatic carbocycles. The van der Waals surface area contributed by atoms with Crippen molar-refractivity contribution >= 4 is 27.7 Å². The van der Waals surface area contributed by atoms with Crippen LogP contribution in [-0.4, -0.2) is 25.4 Å². The Morgan fingerprint density at radius 2 is 1.57 bits per heavy atom. The third-order valence-corrected chi connectivity index (χ3v) is 4.03. The summed E-state index contributed by atoms with van der Waals surface area (Å²) in [6.07, 6.45) is 0. The number of hydrogen-bond acceptors (Lipinski definition) is 5. The lowest BCUT2D eigenvalue weighted by Gasteiger charge is -2.08. The minimum Gasteiger partial charge on any atom is -0.478 e. The zero-order chi connectivity index (χ0) is 17.0. The number of anilines is 1. The molecule has 0 heterocycles. The molecule has 2 aromatic rings. The number of rotatable bonds is 5. The van der Waals surface area contributed by atoms with E-state index in [0.29, 0.717) is 5.69 Å². The van der Waals surface area contributed by atoms with Gasteiger partial charge in [0.15, 0.2) is 0 Å². The third-order valence-electron chi connectivity index (χ3n) is 2.77. The molecule has 1 amide bonds. The number of carboxylic acids is 1. The first-order valence-electron chi connectivity index (χ1n) is 6.43. The first-order chi connectivity index (χ1) is 10.8. The summed E-state index contributed by atoms with van der Waals surface area (Å²) in [5.74, 6) is -1.32. The van der Waals surface area contributed by atoms with Crippen molar-refractivity contribution in [2.24, 2.45) is 0 Å². The lowest BCUT2D eigenvalue weighted by Crippen LogP contribution is -2.10. The maximum Gasteiger partial charge on any atom is 0.339 e. The molecule has 2 N–H and O–H groups in total. The summed E-state index contributed by atoms with van der Waals surface area (Å²) in [6.45, 7) is 1.36. The van der Waals surface area contributed by atoms with Crippen LogP contribution in [0.4, 0.5) is 5.69 Å². The smallest absolute Gasteiger partial charge is 0.339 e. The molecule has 8 heteroatoms. The van der Waals surface area contributed by atoms with Crippen molar-refractivity contribution in [1.29, 1.82) is 0 Å². The molecule has 0 aliphatic heterocycles. The predicted octanol–water partition coefficient (Wildman–Crippen LogP) is 2.11. The van der Waals surface area contributed by atoms with Gasteiger partial charge in [-0.1, -0.05) is 0 Å². The van der Waals surface area contributed by atoms with Gasteiger partial charge < -0.3 is 14.6 Å². The summed E-state index contributed by atoms with van der Waals surface area (Å²) >= 11 is 0. The Bertz CT molecular complexity index is 825. The fourth-order valence-electron chi connectivity index (χ4n) is 1.74. The monoisotopic (exact) mass is 335 g/mol. The van der Waals surface area contributed by atoms with Gasteiger partial charge in [-0.25, -0.2) is 4.79 Å². The molecule has 0 aromatic heterocycles.